The molecule has 1 atom stereocenters. The van der Waals surface area contributed by atoms with Gasteiger partial charge in [-0.3, -0.25) is 4.79 Å². The molecule has 2 saturated carbocycles. The van der Waals surface area contributed by atoms with Gasteiger partial charge >= 0.3 is 6.18 Å². The Hall–Kier alpha value is -3.05. The highest BCUT2D eigenvalue weighted by atomic mass is 32.1. The highest BCUT2D eigenvalue weighted by Gasteiger charge is 2.32. The van der Waals surface area contributed by atoms with Gasteiger partial charge in [-0.2, -0.15) is 13.2 Å². The summed E-state index contributed by atoms with van der Waals surface area (Å²) >= 11 is 1.45. The molecule has 11 heteroatoms. The van der Waals surface area contributed by atoms with E-state index in [-0.39, 0.29) is 18.3 Å². The molecule has 0 spiro atoms. The summed E-state index contributed by atoms with van der Waals surface area (Å²) in [5.41, 5.74) is 1.38. The largest absolute Gasteiger partial charge is 0.483 e. The Morgan fingerprint density at radius 3 is 2.26 bits per heavy atom. The lowest BCUT2D eigenvalue weighted by molar-refractivity contribution is -0.141. The van der Waals surface area contributed by atoms with Crippen molar-refractivity contribution in [3.8, 4) is 10.4 Å². The number of halogens is 3. The predicted molar refractivity (Wildman–Crippen MR) is 148 cm³/mol. The van der Waals surface area contributed by atoms with Crippen LogP contribution >= 0.6 is 11.3 Å². The van der Waals surface area contributed by atoms with Gasteiger partial charge in [-0.05, 0) is 55.0 Å². The molecule has 2 aliphatic rings. The van der Waals surface area contributed by atoms with Crippen molar-refractivity contribution in [1.29, 1.82) is 0 Å². The quantitative estimate of drug-likeness (QED) is 0.267. The van der Waals surface area contributed by atoms with Crippen molar-refractivity contribution in [3.05, 3.63) is 52.9 Å². The van der Waals surface area contributed by atoms with Crippen molar-refractivity contribution in [1.82, 2.24) is 15.0 Å². The summed E-state index contributed by atoms with van der Waals surface area (Å²) in [6, 6.07) is 6.44. The maximum atomic E-state index is 12.9. The summed E-state index contributed by atoms with van der Waals surface area (Å²) in [5.74, 6) is 0.129. The van der Waals surface area contributed by atoms with Gasteiger partial charge in [-0.15, -0.1) is 11.3 Å². The number of nitrogens with zero attached hydrogens (tertiary/aromatic N) is 3. The molecule has 7 nitrogen and oxygen atoms in total. The van der Waals surface area contributed by atoms with E-state index in [4.69, 9.17) is 9.90 Å². The van der Waals surface area contributed by atoms with E-state index in [2.05, 4.69) is 20.3 Å². The first-order valence-corrected chi connectivity index (χ1v) is 14.0. The molecule has 3 N–H and O–H groups in total. The number of anilines is 2. The number of rotatable bonds is 5. The maximum Gasteiger partial charge on any atom is 0.433 e. The summed E-state index contributed by atoms with van der Waals surface area (Å²) in [6.07, 6.45) is 7.78. The number of carbonyl (C=O) groups is 1. The third-order valence-corrected chi connectivity index (χ3v) is 6.91. The van der Waals surface area contributed by atoms with Crippen molar-refractivity contribution in [2.45, 2.75) is 84.4 Å². The topological polar surface area (TPSA) is 108 Å². The summed E-state index contributed by atoms with van der Waals surface area (Å²) in [4.78, 5) is 21.2. The Balaban J connectivity index is 0.000000589. The molecule has 0 amide bonds. The number of aliphatic hydroxyl groups excluding tert-OH is 1. The van der Waals surface area contributed by atoms with E-state index in [1.54, 1.807) is 6.20 Å². The van der Waals surface area contributed by atoms with E-state index in [0.29, 0.717) is 10.7 Å². The lowest BCUT2D eigenvalue weighted by Crippen LogP contribution is -2.15. The van der Waals surface area contributed by atoms with Crippen LogP contribution in [-0.4, -0.2) is 31.6 Å². The van der Waals surface area contributed by atoms with Gasteiger partial charge in [0.15, 0.2) is 0 Å². The lowest BCUT2D eigenvalue weighted by Gasteiger charge is -2.25. The SMILES string of the molecule is C1CC1.CC.Cc1cc(Nc2nccc(C(F)(F)F)n2)cc(-c2cnc([C@@H](O)C3CCCCC3)s2)c1.O=CO. The van der Waals surface area contributed by atoms with Crippen LogP contribution in [0.3, 0.4) is 0 Å². The Morgan fingerprint density at radius 1 is 1.05 bits per heavy atom. The van der Waals surface area contributed by atoms with Crippen LogP contribution in [0.4, 0.5) is 24.8 Å². The minimum atomic E-state index is -4.53. The molecule has 0 radical (unpaired) electrons. The number of hydrogen-bond acceptors (Lipinski definition) is 7. The number of aliphatic hydroxyl groups is 1. The van der Waals surface area contributed by atoms with Crippen molar-refractivity contribution < 1.29 is 28.2 Å². The van der Waals surface area contributed by atoms with E-state index < -0.39 is 18.0 Å². The number of nitrogens with one attached hydrogen (secondary N) is 1. The fraction of sp³-hybridized carbons (Fsp3) is 0.500. The molecule has 0 bridgehead atoms. The van der Waals surface area contributed by atoms with Gasteiger partial charge in [0.25, 0.3) is 6.47 Å². The molecule has 5 rings (SSSR count). The van der Waals surface area contributed by atoms with Gasteiger partial charge in [-0.1, -0.05) is 58.4 Å². The fourth-order valence-corrected chi connectivity index (χ4v) is 4.90. The van der Waals surface area contributed by atoms with Gasteiger partial charge in [0.2, 0.25) is 5.95 Å². The normalized spacial score (nSPS) is 15.3. The molecule has 2 fully saturated rings. The summed E-state index contributed by atoms with van der Waals surface area (Å²) in [7, 11) is 0. The molecule has 3 aromatic rings. The van der Waals surface area contributed by atoms with Crippen molar-refractivity contribution in [2.75, 3.05) is 5.32 Å². The Kier molecular flexibility index (Phi) is 13.3. The monoisotopic (exact) mass is 566 g/mol. The Labute approximate surface area is 231 Å². The van der Waals surface area contributed by atoms with Crippen LogP contribution in [0.1, 0.15) is 87.6 Å². The van der Waals surface area contributed by atoms with Crippen LogP contribution in [0.5, 0.6) is 0 Å². The summed E-state index contributed by atoms with van der Waals surface area (Å²) in [5, 5.41) is 21.2. The van der Waals surface area contributed by atoms with Crippen LogP contribution < -0.4 is 5.32 Å². The van der Waals surface area contributed by atoms with Gasteiger partial charge in [0.1, 0.15) is 16.8 Å². The van der Waals surface area contributed by atoms with Gasteiger partial charge in [-0.25, -0.2) is 15.0 Å². The number of hydrogen-bond donors (Lipinski definition) is 3. The zero-order valence-corrected chi connectivity index (χ0v) is 23.4. The zero-order chi connectivity index (χ0) is 28.8. The van der Waals surface area contributed by atoms with E-state index in [1.807, 2.05) is 39.0 Å². The second-order valence-corrected chi connectivity index (χ2v) is 10.1. The lowest BCUT2D eigenvalue weighted by atomic mass is 9.85. The molecule has 1 aromatic carbocycles. The highest BCUT2D eigenvalue weighted by Crippen LogP contribution is 2.38. The first kappa shape index (κ1) is 32.2. The molecule has 2 aliphatic carbocycles. The minimum absolute atomic E-state index is 0.121. The molecular weight excluding hydrogens is 529 g/mol. The van der Waals surface area contributed by atoms with E-state index in [0.717, 1.165) is 54.0 Å². The maximum absolute atomic E-state index is 12.9. The highest BCUT2D eigenvalue weighted by molar-refractivity contribution is 7.15. The Morgan fingerprint density at radius 2 is 1.67 bits per heavy atom. The molecule has 2 aromatic heterocycles. The number of aryl methyl sites for hydroxylation is 1. The minimum Gasteiger partial charge on any atom is -0.483 e. The number of alkyl halides is 3. The summed E-state index contributed by atoms with van der Waals surface area (Å²) < 4.78 is 38.7. The van der Waals surface area contributed by atoms with Gasteiger partial charge in [0, 0.05) is 18.1 Å². The number of aromatic nitrogens is 3. The van der Waals surface area contributed by atoms with Crippen molar-refractivity contribution in [3.63, 3.8) is 0 Å². The molecule has 214 valence electrons. The number of carboxylic acid groups (broad SMARTS) is 1. The molecule has 0 aliphatic heterocycles. The van der Waals surface area contributed by atoms with E-state index >= 15 is 0 Å². The molecule has 0 unspecified atom stereocenters. The van der Waals surface area contributed by atoms with Crippen LogP contribution in [0.25, 0.3) is 10.4 Å². The molecule has 39 heavy (non-hydrogen) atoms. The average molecular weight is 567 g/mol. The Bertz CT molecular complexity index is 1150. The van der Waals surface area contributed by atoms with Crippen molar-refractivity contribution >= 4 is 29.4 Å². The first-order chi connectivity index (χ1) is 18.7. The molecular formula is C28H37F3N4O3S. The second kappa shape index (κ2) is 16.1. The van der Waals surface area contributed by atoms with Crippen LogP contribution in [0, 0.1) is 12.8 Å². The molecule has 0 saturated heterocycles. The van der Waals surface area contributed by atoms with Crippen LogP contribution in [0.15, 0.2) is 36.7 Å². The van der Waals surface area contributed by atoms with Gasteiger partial charge < -0.3 is 15.5 Å². The standard InChI is InChI=1S/C22H23F3N4OS.C3H6.C2H6.CH2O2/c1-13-9-15(17-12-27-20(31-17)19(30)14-5-3-2-4-6-14)11-16(10-13)28-21-26-8-7-18(29-21)22(23,24)25;1-2-3-1;1-2;2-1-3/h7-12,14,19,30H,2-6H2,1H3,(H,26,28,29);1-3H2;1-2H3;1H,(H,2,3)/t19-;;;/m0.../s1. The average Bonchev–Trinajstić information content (AvgIpc) is 3.73. The fourth-order valence-electron chi connectivity index (χ4n) is 3.91. The van der Waals surface area contributed by atoms with Gasteiger partial charge in [0.05, 0.1) is 4.88 Å². The third kappa shape index (κ3) is 10.9. The summed E-state index contributed by atoms with van der Waals surface area (Å²) in [6.45, 7) is 5.65. The zero-order valence-electron chi connectivity index (χ0n) is 22.5. The van der Waals surface area contributed by atoms with Crippen LogP contribution in [-0.2, 0) is 11.0 Å². The number of benzene rings is 1. The number of thiazole rings is 1. The second-order valence-electron chi connectivity index (χ2n) is 9.05. The third-order valence-electron chi connectivity index (χ3n) is 5.79. The smallest absolute Gasteiger partial charge is 0.433 e. The van der Waals surface area contributed by atoms with E-state index in [1.165, 1.54) is 37.0 Å². The van der Waals surface area contributed by atoms with E-state index in [9.17, 15) is 18.3 Å². The first-order valence-electron chi connectivity index (χ1n) is 13.2. The predicted octanol–water partition coefficient (Wildman–Crippen LogP) is 8.18. The molecule has 2 heterocycles. The van der Waals surface area contributed by atoms with Crippen LogP contribution in [0.2, 0.25) is 0 Å². The van der Waals surface area contributed by atoms with Crippen molar-refractivity contribution in [2.24, 2.45) is 5.92 Å².